The van der Waals surface area contributed by atoms with E-state index in [1.807, 2.05) is 50.2 Å². The van der Waals surface area contributed by atoms with E-state index in [4.69, 9.17) is 5.41 Å². The largest absolute Gasteiger partial charge is 0.573 e. The average Bonchev–Trinajstić information content (AvgIpc) is 2.73. The van der Waals surface area contributed by atoms with Gasteiger partial charge in [-0.15, -0.1) is 38.0 Å². The molecule has 0 aliphatic heterocycles. The molecule has 0 spiro atoms. The maximum atomic E-state index is 12.7. The maximum Gasteiger partial charge on any atom is 0.573 e. The molecule has 2 N–H and O–H groups in total. The lowest BCUT2D eigenvalue weighted by atomic mass is 10.1. The van der Waals surface area contributed by atoms with Crippen LogP contribution in [0.1, 0.15) is 24.7 Å². The molecule has 0 amide bonds. The molecule has 1 aromatic heterocycles. The number of rotatable bonds is 9. The van der Waals surface area contributed by atoms with Gasteiger partial charge in [-0.3, -0.25) is 0 Å². The van der Waals surface area contributed by atoms with Crippen LogP contribution in [0.2, 0.25) is 0 Å². The van der Waals surface area contributed by atoms with E-state index >= 15 is 0 Å². The Morgan fingerprint density at radius 1 is 1.14 bits per heavy atom. The zero-order chi connectivity index (χ0) is 24.2. The van der Waals surface area contributed by atoms with Crippen molar-refractivity contribution in [1.29, 1.82) is 5.41 Å². The Hall–Kier alpha value is -2.14. The first-order valence-corrected chi connectivity index (χ1v) is 11.1. The first-order chi connectivity index (χ1) is 15.5. The van der Waals surface area contributed by atoms with Gasteiger partial charge in [-0.1, -0.05) is 34.1 Å². The molecule has 0 fully saturated rings. The number of alkyl halides is 3. The minimum absolute atomic E-state index is 0. The number of halogens is 6. The molecule has 0 saturated carbocycles. The third-order valence-corrected chi connectivity index (χ3v) is 5.42. The van der Waals surface area contributed by atoms with E-state index in [0.717, 1.165) is 16.7 Å². The van der Waals surface area contributed by atoms with Crippen LogP contribution in [0.4, 0.5) is 19.0 Å². The van der Waals surface area contributed by atoms with Crippen molar-refractivity contribution in [3.63, 3.8) is 0 Å². The van der Waals surface area contributed by atoms with Gasteiger partial charge in [0.2, 0.25) is 0 Å². The van der Waals surface area contributed by atoms with Crippen LogP contribution in [-0.4, -0.2) is 48.7 Å². The van der Waals surface area contributed by atoms with Crippen LogP contribution in [0.3, 0.4) is 0 Å². The molecule has 192 valence electrons. The van der Waals surface area contributed by atoms with Gasteiger partial charge in [-0.2, -0.15) is 0 Å². The lowest BCUT2D eigenvalue weighted by Gasteiger charge is -2.18. The van der Waals surface area contributed by atoms with Gasteiger partial charge in [-0.05, 0) is 49.7 Å². The highest BCUT2D eigenvalue weighted by molar-refractivity contribution is 9.10. The van der Waals surface area contributed by atoms with Crippen LogP contribution in [0, 0.1) is 5.41 Å². The molecule has 12 heteroatoms. The highest BCUT2D eigenvalue weighted by Crippen LogP contribution is 2.29. The molecule has 6 nitrogen and oxygen atoms in total. The SMILES string of the molecule is CC(CC(=N)c1nc(N(C)C)c2ccccc2n1)NCCc1ccc(Br)cc1OC(F)(F)F.Cl.Cl. The van der Waals surface area contributed by atoms with Gasteiger partial charge in [0.15, 0.2) is 5.82 Å². The Morgan fingerprint density at radius 3 is 2.49 bits per heavy atom. The second-order valence-corrected chi connectivity index (χ2v) is 8.79. The zero-order valence-electron chi connectivity index (χ0n) is 19.3. The number of ether oxygens (including phenoxy) is 1. The van der Waals surface area contributed by atoms with Crippen molar-refractivity contribution in [3.05, 3.63) is 58.3 Å². The Morgan fingerprint density at radius 2 is 1.83 bits per heavy atom. The number of hydrogen-bond donors (Lipinski definition) is 2. The molecule has 0 bridgehead atoms. The fourth-order valence-electron chi connectivity index (χ4n) is 3.41. The minimum Gasteiger partial charge on any atom is -0.405 e. The van der Waals surface area contributed by atoms with Crippen LogP contribution in [0.25, 0.3) is 10.9 Å². The second-order valence-electron chi connectivity index (χ2n) is 7.87. The highest BCUT2D eigenvalue weighted by atomic mass is 79.9. The maximum absolute atomic E-state index is 12.7. The molecule has 35 heavy (non-hydrogen) atoms. The van der Waals surface area contributed by atoms with Gasteiger partial charge < -0.3 is 20.4 Å². The molecular weight excluding hydrogens is 570 g/mol. The molecule has 3 rings (SSSR count). The van der Waals surface area contributed by atoms with Gasteiger partial charge in [0.1, 0.15) is 11.6 Å². The van der Waals surface area contributed by atoms with Crippen LogP contribution in [-0.2, 0) is 6.42 Å². The normalized spacial score (nSPS) is 11.9. The predicted octanol–water partition coefficient (Wildman–Crippen LogP) is 6.18. The summed E-state index contributed by atoms with van der Waals surface area (Å²) in [5.41, 5.74) is 1.50. The van der Waals surface area contributed by atoms with E-state index in [1.54, 1.807) is 12.1 Å². The lowest BCUT2D eigenvalue weighted by Crippen LogP contribution is -2.31. The Balaban J connectivity index is 0.00000306. The summed E-state index contributed by atoms with van der Waals surface area (Å²) in [5.74, 6) is 0.882. The van der Waals surface area contributed by atoms with E-state index in [0.29, 0.717) is 35.2 Å². The first-order valence-electron chi connectivity index (χ1n) is 10.3. The molecule has 0 aliphatic rings. The zero-order valence-corrected chi connectivity index (χ0v) is 22.5. The van der Waals surface area contributed by atoms with E-state index in [2.05, 4.69) is 36.0 Å². The fraction of sp³-hybridized carbons (Fsp3) is 0.348. The van der Waals surface area contributed by atoms with E-state index in [9.17, 15) is 13.2 Å². The number of hydrogen-bond acceptors (Lipinski definition) is 6. The Labute approximate surface area is 223 Å². The summed E-state index contributed by atoms with van der Waals surface area (Å²) in [7, 11) is 3.79. The van der Waals surface area contributed by atoms with E-state index in [1.165, 1.54) is 6.07 Å². The fourth-order valence-corrected chi connectivity index (χ4v) is 3.75. The van der Waals surface area contributed by atoms with Crippen molar-refractivity contribution in [1.82, 2.24) is 15.3 Å². The highest BCUT2D eigenvalue weighted by Gasteiger charge is 2.32. The summed E-state index contributed by atoms with van der Waals surface area (Å²) in [6, 6.07) is 12.1. The second kappa shape index (κ2) is 13.2. The monoisotopic (exact) mass is 595 g/mol. The number of nitrogens with one attached hydrogen (secondary N) is 2. The molecule has 0 saturated heterocycles. The molecule has 1 unspecified atom stereocenters. The third kappa shape index (κ3) is 8.79. The van der Waals surface area contributed by atoms with Crippen molar-refractivity contribution in [2.24, 2.45) is 0 Å². The van der Waals surface area contributed by atoms with Crippen LogP contribution < -0.4 is 15.0 Å². The summed E-state index contributed by atoms with van der Waals surface area (Å²) in [6.07, 6.45) is -4.04. The number of benzene rings is 2. The summed E-state index contributed by atoms with van der Waals surface area (Å²) in [5, 5.41) is 12.7. The van der Waals surface area contributed by atoms with Gasteiger partial charge >= 0.3 is 6.36 Å². The number of nitrogens with zero attached hydrogens (tertiary/aromatic N) is 3. The molecule has 1 heterocycles. The summed E-state index contributed by atoms with van der Waals surface area (Å²) in [4.78, 5) is 11.0. The van der Waals surface area contributed by atoms with E-state index < -0.39 is 6.36 Å². The molecule has 2 aromatic carbocycles. The Kier molecular flexibility index (Phi) is 11.7. The molecular formula is C23H27BrCl2F3N5O. The van der Waals surface area contributed by atoms with Crippen molar-refractivity contribution < 1.29 is 17.9 Å². The summed E-state index contributed by atoms with van der Waals surface area (Å²) in [6.45, 7) is 2.34. The number of fused-ring (bicyclic) bond motifs is 1. The third-order valence-electron chi connectivity index (χ3n) is 4.93. The average molecular weight is 597 g/mol. The molecule has 1 atom stereocenters. The van der Waals surface area contributed by atoms with Gasteiger partial charge in [0.05, 0.1) is 11.2 Å². The van der Waals surface area contributed by atoms with Crippen LogP contribution >= 0.6 is 40.7 Å². The molecule has 0 radical (unpaired) electrons. The van der Waals surface area contributed by atoms with Crippen molar-refractivity contribution >= 4 is 63.2 Å². The number of aromatic nitrogens is 2. The lowest BCUT2D eigenvalue weighted by molar-refractivity contribution is -0.274. The van der Waals surface area contributed by atoms with Gasteiger partial charge in [0.25, 0.3) is 0 Å². The molecule has 0 aliphatic carbocycles. The van der Waals surface area contributed by atoms with Crippen LogP contribution in [0.5, 0.6) is 5.75 Å². The quantitative estimate of drug-likeness (QED) is 0.289. The van der Waals surface area contributed by atoms with E-state index in [-0.39, 0.29) is 42.3 Å². The number of para-hydroxylation sites is 1. The summed E-state index contributed by atoms with van der Waals surface area (Å²) < 4.78 is 42.7. The van der Waals surface area contributed by atoms with Crippen molar-refractivity contribution in [2.45, 2.75) is 32.2 Å². The van der Waals surface area contributed by atoms with Crippen molar-refractivity contribution in [3.8, 4) is 5.75 Å². The number of anilines is 1. The molecule has 3 aromatic rings. The van der Waals surface area contributed by atoms with Crippen molar-refractivity contribution in [2.75, 3.05) is 25.5 Å². The smallest absolute Gasteiger partial charge is 0.405 e. The topological polar surface area (TPSA) is 74.1 Å². The first kappa shape index (κ1) is 30.9. The standard InChI is InChI=1S/C23H25BrF3N5O.2ClH/c1-14(29-11-10-15-8-9-16(24)13-20(15)33-23(25,26)27)12-18(28)21-30-19-7-5-4-6-17(19)22(31-21)32(2)3;;/h4-9,13-14,28-29H,10-12H2,1-3H3;2*1H. The van der Waals surface area contributed by atoms with Gasteiger partial charge in [-0.25, -0.2) is 9.97 Å². The minimum atomic E-state index is -4.75. The van der Waals surface area contributed by atoms with Crippen LogP contribution in [0.15, 0.2) is 46.9 Å². The predicted molar refractivity (Wildman–Crippen MR) is 142 cm³/mol. The summed E-state index contributed by atoms with van der Waals surface area (Å²) >= 11 is 3.17. The Bertz CT molecular complexity index is 1150. The van der Waals surface area contributed by atoms with Gasteiger partial charge in [0, 0.05) is 36.4 Å².